The van der Waals surface area contributed by atoms with Gasteiger partial charge in [-0.1, -0.05) is 18.2 Å². The van der Waals surface area contributed by atoms with Crippen molar-refractivity contribution in [3.05, 3.63) is 59.9 Å². The lowest BCUT2D eigenvalue weighted by Crippen LogP contribution is -2.64. The number of para-hydroxylation sites is 1. The first-order chi connectivity index (χ1) is 13.2. The van der Waals surface area contributed by atoms with E-state index in [9.17, 15) is 10.1 Å². The van der Waals surface area contributed by atoms with E-state index in [0.717, 1.165) is 32.4 Å². The van der Waals surface area contributed by atoms with E-state index in [-0.39, 0.29) is 18.1 Å². The third-order valence-corrected chi connectivity index (χ3v) is 5.73. The molecule has 3 aliphatic heterocycles. The molecule has 2 N–H and O–H groups in total. The van der Waals surface area contributed by atoms with E-state index >= 15 is 0 Å². The van der Waals surface area contributed by atoms with Crippen LogP contribution in [-0.4, -0.2) is 41.1 Å². The Hall–Kier alpha value is -2.91. The molecule has 2 aromatic rings. The number of amides is 2. The lowest BCUT2D eigenvalue weighted by Gasteiger charge is -2.51. The quantitative estimate of drug-likeness (QED) is 0.877. The average molecular weight is 361 g/mol. The minimum Gasteiger partial charge on any atom is -0.333 e. The van der Waals surface area contributed by atoms with E-state index in [1.165, 1.54) is 5.56 Å². The summed E-state index contributed by atoms with van der Waals surface area (Å²) in [5.41, 5.74) is 2.20. The monoisotopic (exact) mass is 361 g/mol. The number of hydrogen-bond donors (Lipinski definition) is 2. The van der Waals surface area contributed by atoms with Crippen LogP contribution >= 0.6 is 0 Å². The molecule has 2 atom stereocenters. The number of anilines is 1. The van der Waals surface area contributed by atoms with Crippen LogP contribution in [0.3, 0.4) is 0 Å². The Kier molecular flexibility index (Phi) is 5.03. The van der Waals surface area contributed by atoms with Gasteiger partial charge in [0.15, 0.2) is 0 Å². The van der Waals surface area contributed by atoms with Crippen molar-refractivity contribution in [3.8, 4) is 6.07 Å². The highest BCUT2D eigenvalue weighted by Crippen LogP contribution is 2.34. The van der Waals surface area contributed by atoms with E-state index in [0.29, 0.717) is 17.2 Å². The van der Waals surface area contributed by atoms with Gasteiger partial charge in [0.05, 0.1) is 11.3 Å². The Morgan fingerprint density at radius 1 is 1.22 bits per heavy atom. The molecular weight excluding hydrogens is 338 g/mol. The summed E-state index contributed by atoms with van der Waals surface area (Å²) in [5.74, 6) is 0.494. The van der Waals surface area contributed by atoms with E-state index in [1.807, 2.05) is 18.3 Å². The Bertz CT molecular complexity index is 839. The molecule has 2 bridgehead atoms. The number of carbonyl (C=O) groups is 1. The van der Waals surface area contributed by atoms with Gasteiger partial charge in [-0.3, -0.25) is 9.88 Å². The number of nitrogens with zero attached hydrogens (tertiary/aromatic N) is 3. The van der Waals surface area contributed by atoms with Crippen LogP contribution in [0.15, 0.2) is 48.8 Å². The Morgan fingerprint density at radius 3 is 2.78 bits per heavy atom. The second kappa shape index (κ2) is 7.77. The standard InChI is InChI=1S/C21H23N5O/c22-13-17-5-1-2-6-18(17)24-21(27)25-20-16-7-10-26(11-8-16)19(20)12-15-4-3-9-23-14-15/h1-6,9,14,16,19-20H,7-8,10-12H2,(H2,24,25,27)/t19-,20+/m0/s1. The number of pyridine rings is 1. The van der Waals surface area contributed by atoms with Crippen LogP contribution in [-0.2, 0) is 6.42 Å². The van der Waals surface area contributed by atoms with Gasteiger partial charge in [-0.25, -0.2) is 4.79 Å². The van der Waals surface area contributed by atoms with Crippen LogP contribution in [0.25, 0.3) is 0 Å². The van der Waals surface area contributed by atoms with Crippen molar-refractivity contribution in [2.45, 2.75) is 31.3 Å². The van der Waals surface area contributed by atoms with Gasteiger partial charge in [0.25, 0.3) is 0 Å². The zero-order chi connectivity index (χ0) is 18.6. The number of benzene rings is 1. The Labute approximate surface area is 159 Å². The predicted molar refractivity (Wildman–Crippen MR) is 103 cm³/mol. The highest BCUT2D eigenvalue weighted by atomic mass is 16.2. The van der Waals surface area contributed by atoms with Crippen molar-refractivity contribution >= 4 is 11.7 Å². The van der Waals surface area contributed by atoms with Gasteiger partial charge in [0, 0.05) is 24.5 Å². The molecule has 0 spiro atoms. The van der Waals surface area contributed by atoms with Gasteiger partial charge in [0.1, 0.15) is 6.07 Å². The van der Waals surface area contributed by atoms with Gasteiger partial charge in [-0.2, -0.15) is 5.26 Å². The first-order valence-corrected chi connectivity index (χ1v) is 9.44. The van der Waals surface area contributed by atoms with Crippen LogP contribution in [0.4, 0.5) is 10.5 Å². The van der Waals surface area contributed by atoms with Gasteiger partial charge < -0.3 is 10.6 Å². The molecular formula is C21H23N5O. The molecule has 4 heterocycles. The highest BCUT2D eigenvalue weighted by molar-refractivity contribution is 5.91. The maximum atomic E-state index is 12.7. The van der Waals surface area contributed by atoms with Crippen LogP contribution in [0.5, 0.6) is 0 Å². The zero-order valence-corrected chi connectivity index (χ0v) is 15.1. The van der Waals surface area contributed by atoms with E-state index in [2.05, 4.69) is 32.7 Å². The molecule has 0 unspecified atom stereocenters. The molecule has 0 saturated carbocycles. The fraction of sp³-hybridized carbons (Fsp3) is 0.381. The first kappa shape index (κ1) is 17.5. The lowest BCUT2D eigenvalue weighted by molar-refractivity contribution is 0.0184. The van der Waals surface area contributed by atoms with Crippen LogP contribution in [0, 0.1) is 17.2 Å². The molecule has 2 amide bonds. The molecule has 5 rings (SSSR count). The summed E-state index contributed by atoms with van der Waals surface area (Å²) < 4.78 is 0. The molecule has 3 fully saturated rings. The molecule has 6 heteroatoms. The fourth-order valence-corrected chi connectivity index (χ4v) is 4.38. The largest absolute Gasteiger partial charge is 0.333 e. The van der Waals surface area contributed by atoms with E-state index in [4.69, 9.17) is 0 Å². The van der Waals surface area contributed by atoms with Gasteiger partial charge in [-0.15, -0.1) is 0 Å². The van der Waals surface area contributed by atoms with Crippen molar-refractivity contribution in [2.75, 3.05) is 18.4 Å². The molecule has 1 aromatic carbocycles. The topological polar surface area (TPSA) is 81.0 Å². The summed E-state index contributed by atoms with van der Waals surface area (Å²) in [6.45, 7) is 2.18. The number of fused-ring (bicyclic) bond motifs is 3. The summed E-state index contributed by atoms with van der Waals surface area (Å²) in [7, 11) is 0. The first-order valence-electron chi connectivity index (χ1n) is 9.44. The van der Waals surface area contributed by atoms with Crippen LogP contribution in [0.1, 0.15) is 24.0 Å². The van der Waals surface area contributed by atoms with Crippen molar-refractivity contribution in [3.63, 3.8) is 0 Å². The average Bonchev–Trinajstić information content (AvgIpc) is 2.71. The number of nitriles is 1. The van der Waals surface area contributed by atoms with Gasteiger partial charge in [0.2, 0.25) is 0 Å². The predicted octanol–water partition coefficient (Wildman–Crippen LogP) is 2.78. The molecule has 1 aromatic heterocycles. The molecule has 138 valence electrons. The number of piperidine rings is 3. The number of carbonyl (C=O) groups excluding carboxylic acids is 1. The summed E-state index contributed by atoms with van der Waals surface area (Å²) in [6.07, 6.45) is 6.80. The third-order valence-electron chi connectivity index (χ3n) is 5.73. The van der Waals surface area contributed by atoms with Crippen molar-refractivity contribution in [2.24, 2.45) is 5.92 Å². The van der Waals surface area contributed by atoms with Gasteiger partial charge in [-0.05, 0) is 62.0 Å². The Morgan fingerprint density at radius 2 is 2.04 bits per heavy atom. The molecule has 27 heavy (non-hydrogen) atoms. The number of aromatic nitrogens is 1. The fourth-order valence-electron chi connectivity index (χ4n) is 4.38. The molecule has 6 nitrogen and oxygen atoms in total. The maximum absolute atomic E-state index is 12.7. The SMILES string of the molecule is N#Cc1ccccc1NC(=O)N[C@@H]1C2CCN(CC2)[C@H]1Cc1cccnc1. The minimum atomic E-state index is -0.243. The highest BCUT2D eigenvalue weighted by Gasteiger charge is 2.42. The summed E-state index contributed by atoms with van der Waals surface area (Å²) in [5, 5.41) is 15.3. The van der Waals surface area contributed by atoms with Gasteiger partial charge >= 0.3 is 6.03 Å². The number of urea groups is 1. The second-order valence-corrected chi connectivity index (χ2v) is 7.29. The van der Waals surface area contributed by atoms with Crippen LogP contribution < -0.4 is 10.6 Å². The van der Waals surface area contributed by atoms with Crippen molar-refractivity contribution in [1.82, 2.24) is 15.2 Å². The van der Waals surface area contributed by atoms with Crippen molar-refractivity contribution in [1.29, 1.82) is 5.26 Å². The molecule has 3 saturated heterocycles. The van der Waals surface area contributed by atoms with E-state index < -0.39 is 0 Å². The van der Waals surface area contributed by atoms with Crippen LogP contribution in [0.2, 0.25) is 0 Å². The lowest BCUT2D eigenvalue weighted by atomic mass is 9.77. The summed E-state index contributed by atoms with van der Waals surface area (Å²) in [4.78, 5) is 19.4. The molecule has 0 radical (unpaired) electrons. The number of rotatable bonds is 4. The Balaban J connectivity index is 1.48. The third kappa shape index (κ3) is 3.79. The minimum absolute atomic E-state index is 0.0990. The number of nitrogens with one attached hydrogen (secondary N) is 2. The second-order valence-electron chi connectivity index (χ2n) is 7.29. The smallest absolute Gasteiger partial charge is 0.319 e. The summed E-state index contributed by atoms with van der Waals surface area (Å²) >= 11 is 0. The molecule has 0 aliphatic carbocycles. The number of hydrogen-bond acceptors (Lipinski definition) is 4. The maximum Gasteiger partial charge on any atom is 0.319 e. The van der Waals surface area contributed by atoms with Crippen molar-refractivity contribution < 1.29 is 4.79 Å². The molecule has 3 aliphatic rings. The van der Waals surface area contributed by atoms with E-state index in [1.54, 1.807) is 24.4 Å². The summed E-state index contributed by atoms with van der Waals surface area (Å²) in [6, 6.07) is 13.4. The zero-order valence-electron chi connectivity index (χ0n) is 15.1. The normalized spacial score (nSPS) is 26.2.